The minimum atomic E-state index is -0.195. The number of carbonyl (C=O) groups excluding carboxylic acids is 1. The smallest absolute Gasteiger partial charge is 0.255 e. The lowest BCUT2D eigenvalue weighted by Crippen LogP contribution is -2.47. The van der Waals surface area contributed by atoms with E-state index in [9.17, 15) is 4.79 Å². The normalized spacial score (nSPS) is 13.6. The monoisotopic (exact) mass is 509 g/mol. The zero-order valence-electron chi connectivity index (χ0n) is 21.2. The SMILES string of the molecule is COc1ccc(C(=O)Nc2cnn(C)c2)cc1N1CCN(c2ncnc3c2cnn3-c2ccccc2)CC1. The molecule has 3 aromatic heterocycles. The van der Waals surface area contributed by atoms with Gasteiger partial charge in [0.25, 0.3) is 5.91 Å². The van der Waals surface area contributed by atoms with Gasteiger partial charge in [-0.2, -0.15) is 10.2 Å². The molecule has 0 bridgehead atoms. The number of anilines is 3. The molecule has 192 valence electrons. The van der Waals surface area contributed by atoms with Crippen molar-refractivity contribution in [2.75, 3.05) is 48.4 Å². The first-order chi connectivity index (χ1) is 18.6. The number of aryl methyl sites for hydroxylation is 1. The van der Waals surface area contributed by atoms with Crippen LogP contribution in [-0.2, 0) is 7.05 Å². The third-order valence-electron chi connectivity index (χ3n) is 6.67. The number of fused-ring (bicyclic) bond motifs is 1. The standard InChI is InChI=1S/C27H27N9O2/c1-33-17-20(15-30-33)32-27(37)19-8-9-24(38-2)23(14-19)34-10-12-35(13-11-34)25-22-16-31-36(26(22)29-18-28-25)21-6-4-3-5-7-21/h3-9,14-18H,10-13H2,1-2H3,(H,32,37). The Bertz CT molecular complexity index is 1590. The maximum absolute atomic E-state index is 12.9. The Morgan fingerprint density at radius 1 is 0.947 bits per heavy atom. The third-order valence-corrected chi connectivity index (χ3v) is 6.67. The predicted octanol–water partition coefficient (Wildman–Crippen LogP) is 3.14. The number of ether oxygens (including phenoxy) is 1. The van der Waals surface area contributed by atoms with Crippen molar-refractivity contribution in [2.24, 2.45) is 7.05 Å². The largest absolute Gasteiger partial charge is 0.495 e. The number of hydrogen-bond donors (Lipinski definition) is 1. The van der Waals surface area contributed by atoms with E-state index in [1.54, 1.807) is 36.6 Å². The zero-order valence-corrected chi connectivity index (χ0v) is 21.2. The lowest BCUT2D eigenvalue weighted by molar-refractivity contribution is 0.102. The van der Waals surface area contributed by atoms with E-state index in [0.29, 0.717) is 11.3 Å². The number of piperazine rings is 1. The van der Waals surface area contributed by atoms with Crippen LogP contribution >= 0.6 is 0 Å². The summed E-state index contributed by atoms with van der Waals surface area (Å²) < 4.78 is 9.12. The van der Waals surface area contributed by atoms with Gasteiger partial charge in [0.2, 0.25) is 0 Å². The summed E-state index contributed by atoms with van der Waals surface area (Å²) in [5.41, 5.74) is 3.82. The maximum Gasteiger partial charge on any atom is 0.255 e. The number of nitrogens with zero attached hydrogens (tertiary/aromatic N) is 8. The van der Waals surface area contributed by atoms with Gasteiger partial charge in [-0.15, -0.1) is 0 Å². The Labute approximate surface area is 219 Å². The van der Waals surface area contributed by atoms with Crippen molar-refractivity contribution in [3.05, 3.63) is 79.0 Å². The molecular formula is C27H27N9O2. The molecule has 0 unspecified atom stereocenters. The van der Waals surface area contributed by atoms with E-state index in [1.165, 1.54) is 0 Å². The molecule has 2 aromatic carbocycles. The van der Waals surface area contributed by atoms with Gasteiger partial charge in [0, 0.05) is 45.0 Å². The number of methoxy groups -OCH3 is 1. The molecule has 6 rings (SSSR count). The molecule has 1 N–H and O–H groups in total. The molecule has 0 spiro atoms. The van der Waals surface area contributed by atoms with Crippen molar-refractivity contribution in [1.82, 2.24) is 29.5 Å². The van der Waals surface area contributed by atoms with Gasteiger partial charge in [-0.05, 0) is 30.3 Å². The second-order valence-corrected chi connectivity index (χ2v) is 9.04. The fourth-order valence-corrected chi connectivity index (χ4v) is 4.77. The summed E-state index contributed by atoms with van der Waals surface area (Å²) >= 11 is 0. The van der Waals surface area contributed by atoms with E-state index in [-0.39, 0.29) is 5.91 Å². The highest BCUT2D eigenvalue weighted by atomic mass is 16.5. The fourth-order valence-electron chi connectivity index (χ4n) is 4.77. The van der Waals surface area contributed by atoms with Crippen LogP contribution in [0.1, 0.15) is 10.4 Å². The first kappa shape index (κ1) is 23.5. The molecule has 0 radical (unpaired) electrons. The summed E-state index contributed by atoms with van der Waals surface area (Å²) in [6, 6.07) is 15.4. The summed E-state index contributed by atoms with van der Waals surface area (Å²) in [6.07, 6.45) is 6.81. The highest BCUT2D eigenvalue weighted by Gasteiger charge is 2.24. The first-order valence-electron chi connectivity index (χ1n) is 12.3. The maximum atomic E-state index is 12.9. The van der Waals surface area contributed by atoms with E-state index >= 15 is 0 Å². The fraction of sp³-hybridized carbons (Fsp3) is 0.222. The molecule has 0 saturated carbocycles. The Balaban J connectivity index is 1.21. The average molecular weight is 510 g/mol. The number of rotatable bonds is 6. The van der Waals surface area contributed by atoms with Crippen LogP contribution in [0.2, 0.25) is 0 Å². The quantitative estimate of drug-likeness (QED) is 0.372. The Morgan fingerprint density at radius 3 is 2.47 bits per heavy atom. The molecule has 1 aliphatic rings. The second-order valence-electron chi connectivity index (χ2n) is 9.04. The Kier molecular flexibility index (Phi) is 6.08. The number of aromatic nitrogens is 6. The summed E-state index contributed by atoms with van der Waals surface area (Å²) in [5.74, 6) is 1.40. The molecule has 0 atom stereocenters. The van der Waals surface area contributed by atoms with Crippen LogP contribution in [0.15, 0.2) is 73.4 Å². The second kappa shape index (κ2) is 9.85. The summed E-state index contributed by atoms with van der Waals surface area (Å²) in [6.45, 7) is 2.97. The Hall–Kier alpha value is -4.93. The van der Waals surface area contributed by atoms with Gasteiger partial charge >= 0.3 is 0 Å². The molecule has 4 heterocycles. The van der Waals surface area contributed by atoms with Gasteiger partial charge in [0.05, 0.1) is 42.0 Å². The Morgan fingerprint density at radius 2 is 1.74 bits per heavy atom. The van der Waals surface area contributed by atoms with Crippen LogP contribution in [0.3, 0.4) is 0 Å². The molecule has 1 aliphatic heterocycles. The molecule has 0 aliphatic carbocycles. The lowest BCUT2D eigenvalue weighted by atomic mass is 10.1. The van der Waals surface area contributed by atoms with Gasteiger partial charge in [-0.3, -0.25) is 9.48 Å². The molecular weight excluding hydrogens is 482 g/mol. The third kappa shape index (κ3) is 4.38. The summed E-state index contributed by atoms with van der Waals surface area (Å²) in [7, 11) is 3.45. The molecule has 1 saturated heterocycles. The van der Waals surface area contributed by atoms with Crippen LogP contribution in [-0.4, -0.2) is 68.7 Å². The van der Waals surface area contributed by atoms with E-state index in [2.05, 4.69) is 35.3 Å². The molecule has 11 heteroatoms. The molecule has 1 amide bonds. The minimum absolute atomic E-state index is 0.195. The highest BCUT2D eigenvalue weighted by Crippen LogP contribution is 2.32. The van der Waals surface area contributed by atoms with E-state index in [1.807, 2.05) is 60.4 Å². The number of benzene rings is 2. The number of nitrogens with one attached hydrogen (secondary N) is 1. The summed E-state index contributed by atoms with van der Waals surface area (Å²) in [5, 5.41) is 12.5. The van der Waals surface area contributed by atoms with Gasteiger partial charge in [0.1, 0.15) is 17.9 Å². The van der Waals surface area contributed by atoms with Crippen molar-refractivity contribution in [2.45, 2.75) is 0 Å². The molecule has 5 aromatic rings. The number of para-hydroxylation sites is 1. The highest BCUT2D eigenvalue weighted by molar-refractivity contribution is 6.05. The van der Waals surface area contributed by atoms with E-state index in [0.717, 1.165) is 60.2 Å². The van der Waals surface area contributed by atoms with Crippen LogP contribution in [0, 0.1) is 0 Å². The van der Waals surface area contributed by atoms with Gasteiger partial charge in [-0.1, -0.05) is 18.2 Å². The number of hydrogen-bond acceptors (Lipinski definition) is 8. The topological polar surface area (TPSA) is 106 Å². The molecule has 1 fully saturated rings. The number of carbonyl (C=O) groups is 1. The zero-order chi connectivity index (χ0) is 26.1. The van der Waals surface area contributed by atoms with Crippen molar-refractivity contribution in [3.8, 4) is 11.4 Å². The van der Waals surface area contributed by atoms with Crippen molar-refractivity contribution in [3.63, 3.8) is 0 Å². The van der Waals surface area contributed by atoms with Crippen LogP contribution in [0.5, 0.6) is 5.75 Å². The number of amides is 1. The van der Waals surface area contributed by atoms with E-state index in [4.69, 9.17) is 4.74 Å². The van der Waals surface area contributed by atoms with Crippen LogP contribution in [0.4, 0.5) is 17.2 Å². The predicted molar refractivity (Wildman–Crippen MR) is 145 cm³/mol. The average Bonchev–Trinajstić information content (AvgIpc) is 3.59. The van der Waals surface area contributed by atoms with Gasteiger partial charge in [0.15, 0.2) is 5.65 Å². The minimum Gasteiger partial charge on any atom is -0.495 e. The first-order valence-corrected chi connectivity index (χ1v) is 12.3. The van der Waals surface area contributed by atoms with Crippen LogP contribution in [0.25, 0.3) is 16.7 Å². The lowest BCUT2D eigenvalue weighted by Gasteiger charge is -2.37. The van der Waals surface area contributed by atoms with Gasteiger partial charge in [-0.25, -0.2) is 14.6 Å². The van der Waals surface area contributed by atoms with Crippen molar-refractivity contribution >= 4 is 34.1 Å². The van der Waals surface area contributed by atoms with Crippen LogP contribution < -0.4 is 19.9 Å². The molecule has 11 nitrogen and oxygen atoms in total. The van der Waals surface area contributed by atoms with Gasteiger partial charge < -0.3 is 19.9 Å². The van der Waals surface area contributed by atoms with E-state index < -0.39 is 0 Å². The molecule has 38 heavy (non-hydrogen) atoms. The summed E-state index contributed by atoms with van der Waals surface area (Å²) in [4.78, 5) is 26.5. The van der Waals surface area contributed by atoms with Crippen molar-refractivity contribution < 1.29 is 9.53 Å². The van der Waals surface area contributed by atoms with Crippen molar-refractivity contribution in [1.29, 1.82) is 0 Å².